The fourth-order valence-electron chi connectivity index (χ4n) is 3.69. The first-order valence-electron chi connectivity index (χ1n) is 10.1. The number of rotatable bonds is 4. The van der Waals surface area contributed by atoms with Crippen LogP contribution in [0.3, 0.4) is 0 Å². The number of carbonyl (C=O) groups is 1. The highest BCUT2D eigenvalue weighted by Gasteiger charge is 2.18. The number of anilines is 1. The van der Waals surface area contributed by atoms with Crippen LogP contribution in [-0.4, -0.2) is 42.0 Å². The van der Waals surface area contributed by atoms with Crippen LogP contribution < -0.4 is 4.90 Å². The molecule has 4 nitrogen and oxygen atoms in total. The number of aromatic nitrogens is 1. The molecule has 0 atom stereocenters. The Kier molecular flexibility index (Phi) is 6.15. The van der Waals surface area contributed by atoms with E-state index < -0.39 is 0 Å². The molecular weight excluding hydrogens is 394 g/mol. The number of pyridine rings is 1. The molecule has 4 rings (SSSR count). The van der Waals surface area contributed by atoms with Gasteiger partial charge in [0.15, 0.2) is 0 Å². The van der Waals surface area contributed by atoms with Crippen molar-refractivity contribution in [2.24, 2.45) is 0 Å². The molecule has 30 heavy (non-hydrogen) atoms. The summed E-state index contributed by atoms with van der Waals surface area (Å²) < 4.78 is 0. The largest absolute Gasteiger partial charge is 0.368 e. The lowest BCUT2D eigenvalue weighted by molar-refractivity contribution is -0.129. The SMILES string of the molecule is CC(=O)N1CCN(c2ccc(C=Cc3cc(Cl)cc(-c4ccncc4)c3)cc2)CC1. The summed E-state index contributed by atoms with van der Waals surface area (Å²) in [6.45, 7) is 4.94. The monoisotopic (exact) mass is 417 g/mol. The molecular formula is C25H24ClN3O. The molecule has 0 radical (unpaired) electrons. The van der Waals surface area contributed by atoms with E-state index in [0.717, 1.165) is 48.4 Å². The molecule has 0 aliphatic carbocycles. The van der Waals surface area contributed by atoms with Crippen LogP contribution in [0, 0.1) is 0 Å². The van der Waals surface area contributed by atoms with E-state index in [9.17, 15) is 4.79 Å². The van der Waals surface area contributed by atoms with Crippen LogP contribution in [0.5, 0.6) is 0 Å². The Labute approximate surface area is 182 Å². The van der Waals surface area contributed by atoms with Gasteiger partial charge in [-0.1, -0.05) is 35.9 Å². The fraction of sp³-hybridized carbons (Fsp3) is 0.200. The molecule has 1 aliphatic rings. The molecule has 1 saturated heterocycles. The van der Waals surface area contributed by atoms with E-state index in [0.29, 0.717) is 5.02 Å². The highest BCUT2D eigenvalue weighted by atomic mass is 35.5. The van der Waals surface area contributed by atoms with E-state index in [1.807, 2.05) is 29.2 Å². The van der Waals surface area contributed by atoms with E-state index >= 15 is 0 Å². The van der Waals surface area contributed by atoms with E-state index in [1.165, 1.54) is 5.69 Å². The Balaban J connectivity index is 1.45. The van der Waals surface area contributed by atoms with Crippen molar-refractivity contribution in [3.05, 3.63) is 83.1 Å². The van der Waals surface area contributed by atoms with Gasteiger partial charge in [0.1, 0.15) is 0 Å². The fourth-order valence-corrected chi connectivity index (χ4v) is 3.93. The summed E-state index contributed by atoms with van der Waals surface area (Å²) in [5.74, 6) is 0.156. The zero-order valence-corrected chi connectivity index (χ0v) is 17.7. The van der Waals surface area contributed by atoms with Crippen LogP contribution in [0.2, 0.25) is 5.02 Å². The molecule has 1 amide bonds. The molecule has 1 aromatic heterocycles. The molecule has 0 bridgehead atoms. The van der Waals surface area contributed by atoms with Gasteiger partial charge in [-0.2, -0.15) is 0 Å². The van der Waals surface area contributed by atoms with Gasteiger partial charge in [0.05, 0.1) is 0 Å². The average Bonchev–Trinajstić information content (AvgIpc) is 2.78. The summed E-state index contributed by atoms with van der Waals surface area (Å²) in [5.41, 5.74) is 5.55. The smallest absolute Gasteiger partial charge is 0.219 e. The minimum Gasteiger partial charge on any atom is -0.368 e. The third-order valence-corrected chi connectivity index (χ3v) is 5.60. The van der Waals surface area contributed by atoms with Crippen LogP contribution in [0.25, 0.3) is 23.3 Å². The van der Waals surface area contributed by atoms with E-state index in [1.54, 1.807) is 19.3 Å². The van der Waals surface area contributed by atoms with Gasteiger partial charge in [0.2, 0.25) is 5.91 Å². The molecule has 0 saturated carbocycles. The number of hydrogen-bond acceptors (Lipinski definition) is 3. The minimum absolute atomic E-state index is 0.156. The molecule has 1 fully saturated rings. The summed E-state index contributed by atoms with van der Waals surface area (Å²) in [5, 5.41) is 0.712. The molecule has 5 heteroatoms. The molecule has 1 aliphatic heterocycles. The Morgan fingerprint density at radius 3 is 2.20 bits per heavy atom. The number of halogens is 1. The number of nitrogens with zero attached hydrogens (tertiary/aromatic N) is 3. The van der Waals surface area contributed by atoms with Crippen LogP contribution in [-0.2, 0) is 4.79 Å². The van der Waals surface area contributed by atoms with Crippen LogP contribution in [0.15, 0.2) is 67.0 Å². The van der Waals surface area contributed by atoms with Crippen LogP contribution in [0.1, 0.15) is 18.1 Å². The molecule has 152 valence electrons. The third-order valence-electron chi connectivity index (χ3n) is 5.39. The first kappa shape index (κ1) is 20.2. The molecule has 2 heterocycles. The Morgan fingerprint density at radius 2 is 1.53 bits per heavy atom. The lowest BCUT2D eigenvalue weighted by atomic mass is 10.0. The third kappa shape index (κ3) is 4.89. The van der Waals surface area contributed by atoms with Crippen molar-refractivity contribution in [3.63, 3.8) is 0 Å². The standard InChI is InChI=1S/C25H24ClN3O/c1-19(30)28-12-14-29(15-13-28)25-6-4-20(5-7-25)2-3-21-16-23(18-24(26)17-21)22-8-10-27-11-9-22/h2-11,16-18H,12-15H2,1H3. The summed E-state index contributed by atoms with van der Waals surface area (Å²) in [4.78, 5) is 19.8. The maximum atomic E-state index is 11.5. The average molecular weight is 418 g/mol. The number of carbonyl (C=O) groups excluding carboxylic acids is 1. The summed E-state index contributed by atoms with van der Waals surface area (Å²) in [6.07, 6.45) is 7.75. The van der Waals surface area contributed by atoms with Crippen molar-refractivity contribution in [1.82, 2.24) is 9.88 Å². The van der Waals surface area contributed by atoms with Gasteiger partial charge in [0, 0.05) is 56.2 Å². The highest BCUT2D eigenvalue weighted by Crippen LogP contribution is 2.26. The number of piperazine rings is 1. The highest BCUT2D eigenvalue weighted by molar-refractivity contribution is 6.31. The minimum atomic E-state index is 0.156. The number of benzene rings is 2. The molecule has 0 spiro atoms. The van der Waals surface area contributed by atoms with Gasteiger partial charge in [-0.25, -0.2) is 0 Å². The Bertz CT molecular complexity index is 1040. The molecule has 3 aromatic rings. The predicted octanol–water partition coefficient (Wildman–Crippen LogP) is 5.24. The summed E-state index contributed by atoms with van der Waals surface area (Å²) in [7, 11) is 0. The second kappa shape index (κ2) is 9.14. The van der Waals surface area contributed by atoms with Crippen molar-refractivity contribution < 1.29 is 4.79 Å². The van der Waals surface area contributed by atoms with Crippen LogP contribution >= 0.6 is 11.6 Å². The van der Waals surface area contributed by atoms with Crippen molar-refractivity contribution in [2.45, 2.75) is 6.92 Å². The number of hydrogen-bond donors (Lipinski definition) is 0. The van der Waals surface area contributed by atoms with Gasteiger partial charge in [-0.15, -0.1) is 0 Å². The van der Waals surface area contributed by atoms with Crippen molar-refractivity contribution in [2.75, 3.05) is 31.1 Å². The van der Waals surface area contributed by atoms with Gasteiger partial charge < -0.3 is 9.80 Å². The zero-order chi connectivity index (χ0) is 20.9. The topological polar surface area (TPSA) is 36.4 Å². The van der Waals surface area contributed by atoms with Gasteiger partial charge in [-0.05, 0) is 64.7 Å². The first-order valence-corrected chi connectivity index (χ1v) is 10.5. The lowest BCUT2D eigenvalue weighted by Crippen LogP contribution is -2.48. The second-order valence-corrected chi connectivity index (χ2v) is 7.86. The van der Waals surface area contributed by atoms with E-state index in [2.05, 4.69) is 52.4 Å². The molecule has 0 N–H and O–H groups in total. The molecule has 2 aromatic carbocycles. The quantitative estimate of drug-likeness (QED) is 0.544. The van der Waals surface area contributed by atoms with E-state index in [4.69, 9.17) is 11.6 Å². The van der Waals surface area contributed by atoms with Gasteiger partial charge >= 0.3 is 0 Å². The zero-order valence-electron chi connectivity index (χ0n) is 17.0. The van der Waals surface area contributed by atoms with Crippen LogP contribution in [0.4, 0.5) is 5.69 Å². The van der Waals surface area contributed by atoms with Gasteiger partial charge in [-0.3, -0.25) is 9.78 Å². The van der Waals surface area contributed by atoms with Gasteiger partial charge in [0.25, 0.3) is 0 Å². The molecule has 0 unspecified atom stereocenters. The normalized spacial score (nSPS) is 14.3. The summed E-state index contributed by atoms with van der Waals surface area (Å²) in [6, 6.07) is 18.5. The lowest BCUT2D eigenvalue weighted by Gasteiger charge is -2.35. The Hall–Kier alpha value is -3.11. The van der Waals surface area contributed by atoms with Crippen molar-refractivity contribution in [1.29, 1.82) is 0 Å². The van der Waals surface area contributed by atoms with Crippen molar-refractivity contribution >= 4 is 35.3 Å². The first-order chi connectivity index (χ1) is 14.6. The second-order valence-electron chi connectivity index (χ2n) is 7.43. The maximum Gasteiger partial charge on any atom is 0.219 e. The van der Waals surface area contributed by atoms with E-state index in [-0.39, 0.29) is 5.91 Å². The summed E-state index contributed by atoms with van der Waals surface area (Å²) >= 11 is 6.34. The van der Waals surface area contributed by atoms with Crippen molar-refractivity contribution in [3.8, 4) is 11.1 Å². The predicted molar refractivity (Wildman–Crippen MR) is 125 cm³/mol. The Morgan fingerprint density at radius 1 is 0.867 bits per heavy atom. The maximum absolute atomic E-state index is 11.5. The number of amides is 1.